The third kappa shape index (κ3) is 3.41. The van der Waals surface area contributed by atoms with Crippen molar-refractivity contribution < 1.29 is 4.74 Å². The van der Waals surface area contributed by atoms with Crippen LogP contribution in [0.15, 0.2) is 24.3 Å². The van der Waals surface area contributed by atoms with E-state index in [1.165, 1.54) is 12.8 Å². The van der Waals surface area contributed by atoms with E-state index in [4.69, 9.17) is 10.5 Å². The van der Waals surface area contributed by atoms with Crippen molar-refractivity contribution in [2.24, 2.45) is 5.73 Å². The Morgan fingerprint density at radius 1 is 1.24 bits per heavy atom. The number of nitrogens with two attached hydrogens (primary N) is 1. The van der Waals surface area contributed by atoms with Gasteiger partial charge in [0.05, 0.1) is 12.6 Å². The van der Waals surface area contributed by atoms with Gasteiger partial charge in [0, 0.05) is 11.1 Å². The minimum absolute atomic E-state index is 0.00216. The minimum atomic E-state index is -0.0198. The van der Waals surface area contributed by atoms with Crippen molar-refractivity contribution in [1.82, 2.24) is 4.90 Å². The fourth-order valence-electron chi connectivity index (χ4n) is 3.28. The van der Waals surface area contributed by atoms with Crippen molar-refractivity contribution in [3.8, 4) is 5.75 Å². The lowest BCUT2D eigenvalue weighted by Gasteiger charge is -2.43. The van der Waals surface area contributed by atoms with Crippen LogP contribution in [0.4, 0.5) is 0 Å². The summed E-state index contributed by atoms with van der Waals surface area (Å²) < 4.78 is 5.91. The number of ether oxygens (including phenoxy) is 1. The fraction of sp³-hybridized carbons (Fsp3) is 0.667. The Labute approximate surface area is 129 Å². The molecule has 1 aromatic carbocycles. The van der Waals surface area contributed by atoms with Crippen LogP contribution in [0.3, 0.4) is 0 Å². The van der Waals surface area contributed by atoms with Crippen LogP contribution in [0.5, 0.6) is 5.75 Å². The first kappa shape index (κ1) is 16.3. The SMILES string of the molecule is CCCOc1ccccc1C(N)C(C)(CC)N1CCCC1. The molecule has 0 saturated carbocycles. The first-order valence-corrected chi connectivity index (χ1v) is 8.35. The second-order valence-electron chi connectivity index (χ2n) is 6.27. The van der Waals surface area contributed by atoms with Crippen molar-refractivity contribution in [3.63, 3.8) is 0 Å². The Morgan fingerprint density at radius 3 is 2.52 bits per heavy atom. The van der Waals surface area contributed by atoms with Crippen LogP contribution in [-0.4, -0.2) is 30.1 Å². The first-order valence-electron chi connectivity index (χ1n) is 8.35. The van der Waals surface area contributed by atoms with Crippen LogP contribution < -0.4 is 10.5 Å². The van der Waals surface area contributed by atoms with Gasteiger partial charge in [0.25, 0.3) is 0 Å². The van der Waals surface area contributed by atoms with Crippen LogP contribution in [0.1, 0.15) is 58.1 Å². The summed E-state index contributed by atoms with van der Waals surface area (Å²) in [5.74, 6) is 0.950. The summed E-state index contributed by atoms with van der Waals surface area (Å²) >= 11 is 0. The summed E-state index contributed by atoms with van der Waals surface area (Å²) in [5.41, 5.74) is 7.86. The third-order valence-electron chi connectivity index (χ3n) is 4.93. The zero-order chi connectivity index (χ0) is 15.3. The molecule has 0 aliphatic carbocycles. The molecule has 1 aliphatic rings. The van der Waals surface area contributed by atoms with Crippen LogP contribution in [-0.2, 0) is 0 Å². The Hall–Kier alpha value is -1.06. The molecule has 1 aliphatic heterocycles. The van der Waals surface area contributed by atoms with E-state index in [9.17, 15) is 0 Å². The van der Waals surface area contributed by atoms with Gasteiger partial charge in [0.15, 0.2) is 0 Å². The van der Waals surface area contributed by atoms with Gasteiger partial charge in [-0.05, 0) is 51.8 Å². The maximum atomic E-state index is 6.71. The van der Waals surface area contributed by atoms with E-state index >= 15 is 0 Å². The molecule has 0 amide bonds. The number of rotatable bonds is 7. The predicted molar refractivity (Wildman–Crippen MR) is 88.7 cm³/mol. The lowest BCUT2D eigenvalue weighted by Crippen LogP contribution is -2.51. The lowest BCUT2D eigenvalue weighted by molar-refractivity contribution is 0.0985. The van der Waals surface area contributed by atoms with E-state index in [1.54, 1.807) is 0 Å². The Bertz CT molecular complexity index is 443. The summed E-state index contributed by atoms with van der Waals surface area (Å²) in [7, 11) is 0. The van der Waals surface area contributed by atoms with Gasteiger partial charge in [0.2, 0.25) is 0 Å². The zero-order valence-electron chi connectivity index (χ0n) is 13.8. The summed E-state index contributed by atoms with van der Waals surface area (Å²) in [6, 6.07) is 8.24. The number of likely N-dealkylation sites (tertiary alicyclic amines) is 1. The highest BCUT2D eigenvalue weighted by atomic mass is 16.5. The van der Waals surface area contributed by atoms with E-state index in [2.05, 4.69) is 37.8 Å². The molecule has 21 heavy (non-hydrogen) atoms. The van der Waals surface area contributed by atoms with Crippen LogP contribution in [0.25, 0.3) is 0 Å². The van der Waals surface area contributed by atoms with Crippen LogP contribution in [0, 0.1) is 0 Å². The molecule has 3 heteroatoms. The number of benzene rings is 1. The summed E-state index contributed by atoms with van der Waals surface area (Å²) in [6.07, 6.45) is 4.64. The number of nitrogens with zero attached hydrogens (tertiary/aromatic N) is 1. The molecule has 2 unspecified atom stereocenters. The smallest absolute Gasteiger partial charge is 0.124 e. The molecular weight excluding hydrogens is 260 g/mol. The second kappa shape index (κ2) is 7.28. The molecule has 1 aromatic rings. The van der Waals surface area contributed by atoms with Crippen molar-refractivity contribution in [2.45, 2.75) is 58.0 Å². The molecule has 1 fully saturated rings. The maximum absolute atomic E-state index is 6.71. The number of hydrogen-bond donors (Lipinski definition) is 1. The minimum Gasteiger partial charge on any atom is -0.493 e. The molecule has 2 rings (SSSR count). The van der Waals surface area contributed by atoms with E-state index in [-0.39, 0.29) is 11.6 Å². The Balaban J connectivity index is 2.26. The Kier molecular flexibility index (Phi) is 5.65. The molecule has 2 N–H and O–H groups in total. The van der Waals surface area contributed by atoms with Gasteiger partial charge in [0.1, 0.15) is 5.75 Å². The molecule has 118 valence electrons. The predicted octanol–water partition coefficient (Wildman–Crippen LogP) is 3.74. The maximum Gasteiger partial charge on any atom is 0.124 e. The quantitative estimate of drug-likeness (QED) is 0.831. The van der Waals surface area contributed by atoms with Gasteiger partial charge in [-0.25, -0.2) is 0 Å². The van der Waals surface area contributed by atoms with Crippen LogP contribution >= 0.6 is 0 Å². The lowest BCUT2D eigenvalue weighted by atomic mass is 9.83. The van der Waals surface area contributed by atoms with E-state index in [0.717, 1.165) is 43.9 Å². The highest BCUT2D eigenvalue weighted by Gasteiger charge is 2.39. The molecule has 0 bridgehead atoms. The van der Waals surface area contributed by atoms with E-state index in [0.29, 0.717) is 0 Å². The molecule has 1 saturated heterocycles. The van der Waals surface area contributed by atoms with Gasteiger partial charge in [-0.15, -0.1) is 0 Å². The third-order valence-corrected chi connectivity index (χ3v) is 4.93. The average Bonchev–Trinajstić information content (AvgIpc) is 3.06. The van der Waals surface area contributed by atoms with Gasteiger partial charge in [-0.1, -0.05) is 32.0 Å². The molecule has 2 atom stereocenters. The van der Waals surface area contributed by atoms with Crippen LogP contribution in [0.2, 0.25) is 0 Å². The summed E-state index contributed by atoms with van der Waals surface area (Å²) in [4.78, 5) is 2.56. The molecule has 3 nitrogen and oxygen atoms in total. The monoisotopic (exact) mass is 290 g/mol. The first-order chi connectivity index (χ1) is 10.1. The van der Waals surface area contributed by atoms with Gasteiger partial charge < -0.3 is 10.5 Å². The summed E-state index contributed by atoms with van der Waals surface area (Å²) in [5, 5.41) is 0. The standard InChI is InChI=1S/C18H30N2O/c1-4-14-21-16-11-7-6-10-15(16)17(19)18(3,5-2)20-12-8-9-13-20/h6-7,10-11,17H,4-5,8-9,12-14,19H2,1-3H3. The second-order valence-corrected chi connectivity index (χ2v) is 6.27. The highest BCUT2D eigenvalue weighted by molar-refractivity contribution is 5.37. The van der Waals surface area contributed by atoms with Crippen molar-refractivity contribution in [1.29, 1.82) is 0 Å². The average molecular weight is 290 g/mol. The van der Waals surface area contributed by atoms with Gasteiger partial charge in [-0.3, -0.25) is 4.90 Å². The number of para-hydroxylation sites is 1. The molecule has 1 heterocycles. The van der Waals surface area contributed by atoms with Crippen molar-refractivity contribution in [3.05, 3.63) is 29.8 Å². The highest BCUT2D eigenvalue weighted by Crippen LogP contribution is 2.38. The van der Waals surface area contributed by atoms with Gasteiger partial charge >= 0.3 is 0 Å². The zero-order valence-corrected chi connectivity index (χ0v) is 13.8. The molecule has 0 spiro atoms. The summed E-state index contributed by atoms with van der Waals surface area (Å²) in [6.45, 7) is 9.75. The normalized spacial score (nSPS) is 20.2. The van der Waals surface area contributed by atoms with E-state index < -0.39 is 0 Å². The fourth-order valence-corrected chi connectivity index (χ4v) is 3.28. The Morgan fingerprint density at radius 2 is 1.90 bits per heavy atom. The van der Waals surface area contributed by atoms with Crippen molar-refractivity contribution >= 4 is 0 Å². The topological polar surface area (TPSA) is 38.5 Å². The number of hydrogen-bond acceptors (Lipinski definition) is 3. The van der Waals surface area contributed by atoms with Crippen molar-refractivity contribution in [2.75, 3.05) is 19.7 Å². The molecule has 0 aromatic heterocycles. The van der Waals surface area contributed by atoms with Gasteiger partial charge in [-0.2, -0.15) is 0 Å². The van der Waals surface area contributed by atoms with E-state index in [1.807, 2.05) is 12.1 Å². The molecular formula is C18H30N2O. The molecule has 0 radical (unpaired) electrons. The largest absolute Gasteiger partial charge is 0.493 e.